The van der Waals surface area contributed by atoms with Crippen molar-refractivity contribution in [3.05, 3.63) is 35.9 Å². The molecular formula is C17H30N2. The van der Waals surface area contributed by atoms with Gasteiger partial charge in [0.05, 0.1) is 0 Å². The molecule has 1 aliphatic heterocycles. The monoisotopic (exact) mass is 262 g/mol. The molecule has 0 spiro atoms. The molecule has 0 unspecified atom stereocenters. The van der Waals surface area contributed by atoms with Gasteiger partial charge in [-0.15, -0.1) is 0 Å². The van der Waals surface area contributed by atoms with Crippen molar-refractivity contribution >= 4 is 0 Å². The smallest absolute Gasteiger partial charge is 0.0233 e. The molecule has 2 nitrogen and oxygen atoms in total. The van der Waals surface area contributed by atoms with Gasteiger partial charge in [0.25, 0.3) is 0 Å². The first-order valence-corrected chi connectivity index (χ1v) is 7.07. The molecule has 0 bridgehead atoms. The van der Waals surface area contributed by atoms with Gasteiger partial charge < -0.3 is 5.32 Å². The van der Waals surface area contributed by atoms with Gasteiger partial charge in [-0.25, -0.2) is 0 Å². The second-order valence-corrected chi connectivity index (χ2v) is 6.43. The number of nitrogens with one attached hydrogen (secondary N) is 1. The van der Waals surface area contributed by atoms with Crippen LogP contribution >= 0.6 is 0 Å². The molecule has 0 amide bonds. The topological polar surface area (TPSA) is 15.3 Å². The fraction of sp³-hybridized carbons (Fsp3) is 0.647. The van der Waals surface area contributed by atoms with Crippen LogP contribution in [0.5, 0.6) is 0 Å². The summed E-state index contributed by atoms with van der Waals surface area (Å²) in [7, 11) is 0. The zero-order chi connectivity index (χ0) is 13.0. The number of hydrogen-bond donors (Lipinski definition) is 1. The van der Waals surface area contributed by atoms with E-state index in [1.165, 1.54) is 31.5 Å². The van der Waals surface area contributed by atoms with E-state index in [-0.39, 0.29) is 13.0 Å². The number of rotatable bonds is 3. The lowest BCUT2D eigenvalue weighted by Gasteiger charge is -2.36. The summed E-state index contributed by atoms with van der Waals surface area (Å²) in [6.45, 7) is 10.3. The van der Waals surface area contributed by atoms with Crippen molar-refractivity contribution in [2.24, 2.45) is 0 Å². The number of nitrogens with zero attached hydrogens (tertiary/aromatic N) is 1. The Morgan fingerprint density at radius 2 is 1.68 bits per heavy atom. The quantitative estimate of drug-likeness (QED) is 0.894. The van der Waals surface area contributed by atoms with Crippen molar-refractivity contribution in [3.63, 3.8) is 0 Å². The van der Waals surface area contributed by atoms with Crippen LogP contribution in [-0.2, 0) is 6.54 Å². The summed E-state index contributed by atoms with van der Waals surface area (Å²) in [6, 6.07) is 11.5. The average Bonchev–Trinajstić information content (AvgIpc) is 2.31. The van der Waals surface area contributed by atoms with Gasteiger partial charge in [0.15, 0.2) is 0 Å². The van der Waals surface area contributed by atoms with Crippen molar-refractivity contribution < 1.29 is 0 Å². The molecule has 0 saturated carbocycles. The maximum absolute atomic E-state index is 3.72. The lowest BCUT2D eigenvalue weighted by Crippen LogP contribution is -2.49. The van der Waals surface area contributed by atoms with Crippen molar-refractivity contribution in [1.29, 1.82) is 0 Å². The van der Waals surface area contributed by atoms with Gasteiger partial charge in [-0.2, -0.15) is 0 Å². The molecule has 2 rings (SSSR count). The van der Waals surface area contributed by atoms with Crippen LogP contribution in [0.25, 0.3) is 0 Å². The molecule has 0 radical (unpaired) electrons. The highest BCUT2D eigenvalue weighted by Crippen LogP contribution is 2.16. The van der Waals surface area contributed by atoms with Crippen LogP contribution in [-0.4, -0.2) is 29.6 Å². The van der Waals surface area contributed by atoms with E-state index < -0.39 is 0 Å². The van der Waals surface area contributed by atoms with Gasteiger partial charge in [-0.05, 0) is 52.3 Å². The Morgan fingerprint density at radius 3 is 2.21 bits per heavy atom. The highest BCUT2D eigenvalue weighted by Gasteiger charge is 2.22. The van der Waals surface area contributed by atoms with Crippen LogP contribution < -0.4 is 5.32 Å². The number of piperidine rings is 1. The lowest BCUT2D eigenvalue weighted by atomic mass is 9.99. The zero-order valence-electron chi connectivity index (χ0n) is 11.9. The maximum Gasteiger partial charge on any atom is 0.0233 e. The number of hydrogen-bond acceptors (Lipinski definition) is 2. The third-order valence-corrected chi connectivity index (χ3v) is 3.47. The van der Waals surface area contributed by atoms with E-state index in [0.717, 1.165) is 6.54 Å². The highest BCUT2D eigenvalue weighted by molar-refractivity contribution is 5.14. The fourth-order valence-corrected chi connectivity index (χ4v) is 2.69. The van der Waals surface area contributed by atoms with Crippen LogP contribution in [0.2, 0.25) is 0 Å². The largest absolute Gasteiger partial charge is 0.309 e. The fourth-order valence-electron chi connectivity index (χ4n) is 2.69. The molecule has 2 heteroatoms. The predicted octanol–water partition coefficient (Wildman–Crippen LogP) is 3.68. The van der Waals surface area contributed by atoms with Gasteiger partial charge >= 0.3 is 0 Å². The molecule has 1 aromatic carbocycles. The first-order chi connectivity index (χ1) is 8.53. The summed E-state index contributed by atoms with van der Waals surface area (Å²) in [4.78, 5) is 2.57. The van der Waals surface area contributed by atoms with E-state index in [4.69, 9.17) is 0 Å². The first kappa shape index (κ1) is 16.2. The van der Waals surface area contributed by atoms with E-state index >= 15 is 0 Å². The Hall–Kier alpha value is -0.860. The summed E-state index contributed by atoms with van der Waals surface area (Å²) in [6.07, 6.45) is 2.54. The molecule has 1 fully saturated rings. The van der Waals surface area contributed by atoms with Gasteiger partial charge in [0.1, 0.15) is 0 Å². The van der Waals surface area contributed by atoms with Crippen molar-refractivity contribution in [1.82, 2.24) is 10.2 Å². The molecule has 1 heterocycles. The predicted molar refractivity (Wildman–Crippen MR) is 84.4 cm³/mol. The SMILES string of the molecule is C.CC(C)(C)NC1CCN(Cc2ccccc2)CC1. The molecular weight excluding hydrogens is 232 g/mol. The second kappa shape index (κ2) is 7.06. The standard InChI is InChI=1S/C16H26N2.CH4/c1-16(2,3)17-15-9-11-18(12-10-15)13-14-7-5-4-6-8-14;/h4-8,15,17H,9-13H2,1-3H3;1H4. The van der Waals surface area contributed by atoms with Gasteiger partial charge in [0, 0.05) is 18.1 Å². The minimum Gasteiger partial charge on any atom is -0.309 e. The summed E-state index contributed by atoms with van der Waals surface area (Å²) >= 11 is 0. The summed E-state index contributed by atoms with van der Waals surface area (Å²) in [5, 5.41) is 3.72. The Labute approximate surface area is 119 Å². The summed E-state index contributed by atoms with van der Waals surface area (Å²) < 4.78 is 0. The molecule has 1 saturated heterocycles. The Balaban J connectivity index is 0.00000180. The Morgan fingerprint density at radius 1 is 1.11 bits per heavy atom. The minimum absolute atomic E-state index is 0. The first-order valence-electron chi connectivity index (χ1n) is 7.07. The molecule has 0 aliphatic carbocycles. The van der Waals surface area contributed by atoms with Crippen LogP contribution in [0.4, 0.5) is 0 Å². The molecule has 108 valence electrons. The second-order valence-electron chi connectivity index (χ2n) is 6.43. The molecule has 1 aliphatic rings. The van der Waals surface area contributed by atoms with Gasteiger partial charge in [-0.1, -0.05) is 37.8 Å². The van der Waals surface area contributed by atoms with E-state index in [1.54, 1.807) is 0 Å². The van der Waals surface area contributed by atoms with Crippen LogP contribution in [0.1, 0.15) is 46.6 Å². The van der Waals surface area contributed by atoms with Crippen LogP contribution in [0.15, 0.2) is 30.3 Å². The molecule has 1 N–H and O–H groups in total. The van der Waals surface area contributed by atoms with Crippen LogP contribution in [0, 0.1) is 0 Å². The summed E-state index contributed by atoms with van der Waals surface area (Å²) in [5.74, 6) is 0. The zero-order valence-corrected chi connectivity index (χ0v) is 11.9. The molecule has 0 atom stereocenters. The lowest BCUT2D eigenvalue weighted by molar-refractivity contribution is 0.175. The van der Waals surface area contributed by atoms with Crippen molar-refractivity contribution in [2.75, 3.05) is 13.1 Å². The minimum atomic E-state index is 0. The maximum atomic E-state index is 3.72. The number of benzene rings is 1. The molecule has 19 heavy (non-hydrogen) atoms. The van der Waals surface area contributed by atoms with Gasteiger partial charge in [0.2, 0.25) is 0 Å². The Kier molecular flexibility index (Phi) is 6.02. The van der Waals surface area contributed by atoms with Crippen molar-refractivity contribution in [3.8, 4) is 0 Å². The normalized spacial score (nSPS) is 18.1. The molecule has 0 aromatic heterocycles. The number of likely N-dealkylation sites (tertiary alicyclic amines) is 1. The third-order valence-electron chi connectivity index (χ3n) is 3.47. The average molecular weight is 262 g/mol. The van der Waals surface area contributed by atoms with E-state index in [0.29, 0.717) is 6.04 Å². The molecule has 1 aromatic rings. The van der Waals surface area contributed by atoms with E-state index in [2.05, 4.69) is 61.3 Å². The van der Waals surface area contributed by atoms with Gasteiger partial charge in [-0.3, -0.25) is 4.90 Å². The summed E-state index contributed by atoms with van der Waals surface area (Å²) in [5.41, 5.74) is 1.67. The van der Waals surface area contributed by atoms with E-state index in [9.17, 15) is 0 Å². The Bertz CT molecular complexity index is 345. The van der Waals surface area contributed by atoms with E-state index in [1.807, 2.05) is 0 Å². The van der Waals surface area contributed by atoms with Crippen LogP contribution in [0.3, 0.4) is 0 Å². The highest BCUT2D eigenvalue weighted by atomic mass is 15.1. The van der Waals surface area contributed by atoms with Crippen molar-refractivity contribution in [2.45, 2.75) is 59.2 Å². The third kappa shape index (κ3) is 5.75.